The second kappa shape index (κ2) is 6.45. The molecule has 21 heavy (non-hydrogen) atoms. The van der Waals surface area contributed by atoms with Gasteiger partial charge in [-0.2, -0.15) is 0 Å². The molecule has 1 aromatic carbocycles. The highest BCUT2D eigenvalue weighted by Gasteiger charge is 2.20. The van der Waals surface area contributed by atoms with Crippen LogP contribution in [0.4, 0.5) is 0 Å². The minimum Gasteiger partial charge on any atom is -0.490 e. The quantitative estimate of drug-likeness (QED) is 0.901. The predicted molar refractivity (Wildman–Crippen MR) is 79.8 cm³/mol. The monoisotopic (exact) mass is 290 g/mol. The highest BCUT2D eigenvalue weighted by molar-refractivity contribution is 5.94. The van der Waals surface area contributed by atoms with Gasteiger partial charge in [0, 0.05) is 38.2 Å². The van der Waals surface area contributed by atoms with Crippen molar-refractivity contribution >= 4 is 5.91 Å². The SMILES string of the molecule is CC1Cc2cc(C(=O)NCCN3CCOCC3)ccc2O1. The molecule has 0 spiro atoms. The van der Waals surface area contributed by atoms with Crippen molar-refractivity contribution in [1.29, 1.82) is 0 Å². The Bertz CT molecular complexity index is 512. The van der Waals surface area contributed by atoms with Crippen LogP contribution in [-0.2, 0) is 11.2 Å². The van der Waals surface area contributed by atoms with Crippen molar-refractivity contribution in [2.45, 2.75) is 19.4 Å². The number of rotatable bonds is 4. The summed E-state index contributed by atoms with van der Waals surface area (Å²) in [7, 11) is 0. The third-order valence-corrected chi connectivity index (χ3v) is 3.98. The smallest absolute Gasteiger partial charge is 0.251 e. The van der Waals surface area contributed by atoms with Crippen LogP contribution in [0.5, 0.6) is 5.75 Å². The largest absolute Gasteiger partial charge is 0.490 e. The third-order valence-electron chi connectivity index (χ3n) is 3.98. The average Bonchev–Trinajstić information content (AvgIpc) is 2.87. The summed E-state index contributed by atoms with van der Waals surface area (Å²) in [6, 6.07) is 5.68. The first-order valence-corrected chi connectivity index (χ1v) is 7.60. The van der Waals surface area contributed by atoms with Gasteiger partial charge in [0.15, 0.2) is 0 Å². The van der Waals surface area contributed by atoms with Crippen molar-refractivity contribution in [3.8, 4) is 5.75 Å². The standard InChI is InChI=1S/C16H22N2O3/c1-12-10-14-11-13(2-3-15(14)21-12)16(19)17-4-5-18-6-8-20-9-7-18/h2-3,11-12H,4-10H2,1H3,(H,17,19). The van der Waals surface area contributed by atoms with Gasteiger partial charge in [0.05, 0.1) is 13.2 Å². The van der Waals surface area contributed by atoms with E-state index < -0.39 is 0 Å². The Hall–Kier alpha value is -1.59. The van der Waals surface area contributed by atoms with E-state index in [2.05, 4.69) is 10.2 Å². The summed E-state index contributed by atoms with van der Waals surface area (Å²) < 4.78 is 11.0. The second-order valence-corrected chi connectivity index (χ2v) is 5.67. The lowest BCUT2D eigenvalue weighted by Crippen LogP contribution is -2.41. The van der Waals surface area contributed by atoms with Crippen LogP contribution >= 0.6 is 0 Å². The van der Waals surface area contributed by atoms with Crippen molar-refractivity contribution in [2.24, 2.45) is 0 Å². The van der Waals surface area contributed by atoms with Gasteiger partial charge >= 0.3 is 0 Å². The maximum Gasteiger partial charge on any atom is 0.251 e. The Morgan fingerprint density at radius 2 is 2.19 bits per heavy atom. The molecule has 0 saturated carbocycles. The van der Waals surface area contributed by atoms with Crippen molar-refractivity contribution < 1.29 is 14.3 Å². The fraction of sp³-hybridized carbons (Fsp3) is 0.562. The number of carbonyl (C=O) groups is 1. The molecule has 2 aliphatic heterocycles. The molecule has 3 rings (SSSR count). The zero-order chi connectivity index (χ0) is 14.7. The molecule has 2 heterocycles. The first kappa shape index (κ1) is 14.4. The van der Waals surface area contributed by atoms with E-state index in [1.807, 2.05) is 25.1 Å². The average molecular weight is 290 g/mol. The van der Waals surface area contributed by atoms with E-state index in [0.29, 0.717) is 12.1 Å². The summed E-state index contributed by atoms with van der Waals surface area (Å²) in [5.41, 5.74) is 1.84. The van der Waals surface area contributed by atoms with E-state index in [1.165, 1.54) is 0 Å². The van der Waals surface area contributed by atoms with Crippen molar-refractivity contribution in [2.75, 3.05) is 39.4 Å². The van der Waals surface area contributed by atoms with Gasteiger partial charge in [-0.1, -0.05) is 0 Å². The zero-order valence-corrected chi connectivity index (χ0v) is 12.4. The molecule has 0 aliphatic carbocycles. The van der Waals surface area contributed by atoms with Gasteiger partial charge in [0.2, 0.25) is 0 Å². The number of carbonyl (C=O) groups excluding carboxylic acids is 1. The lowest BCUT2D eigenvalue weighted by atomic mass is 10.1. The molecule has 1 saturated heterocycles. The topological polar surface area (TPSA) is 50.8 Å². The molecule has 1 fully saturated rings. The minimum atomic E-state index is -0.00869. The maximum atomic E-state index is 12.2. The molecule has 1 unspecified atom stereocenters. The van der Waals surface area contributed by atoms with Gasteiger partial charge < -0.3 is 14.8 Å². The summed E-state index contributed by atoms with van der Waals surface area (Å²) in [5, 5.41) is 2.99. The van der Waals surface area contributed by atoms with Gasteiger partial charge in [0.1, 0.15) is 11.9 Å². The summed E-state index contributed by atoms with van der Waals surface area (Å²) >= 11 is 0. The minimum absolute atomic E-state index is 0.00869. The summed E-state index contributed by atoms with van der Waals surface area (Å²) in [6.07, 6.45) is 1.09. The number of nitrogens with zero attached hydrogens (tertiary/aromatic N) is 1. The Labute approximate surface area is 125 Å². The lowest BCUT2D eigenvalue weighted by molar-refractivity contribution is 0.0383. The van der Waals surface area contributed by atoms with E-state index in [4.69, 9.17) is 9.47 Å². The summed E-state index contributed by atoms with van der Waals surface area (Å²) in [6.45, 7) is 7.06. The Kier molecular flexibility index (Phi) is 4.41. The first-order valence-electron chi connectivity index (χ1n) is 7.60. The van der Waals surface area contributed by atoms with Crippen LogP contribution in [0, 0.1) is 0 Å². The molecule has 0 radical (unpaired) electrons. The van der Waals surface area contributed by atoms with Gasteiger partial charge in [-0.3, -0.25) is 9.69 Å². The predicted octanol–water partition coefficient (Wildman–Crippen LogP) is 1.07. The van der Waals surface area contributed by atoms with Crippen LogP contribution in [0.15, 0.2) is 18.2 Å². The molecule has 114 valence electrons. The Morgan fingerprint density at radius 3 is 3.00 bits per heavy atom. The molecule has 0 bridgehead atoms. The number of fused-ring (bicyclic) bond motifs is 1. The molecule has 0 aromatic heterocycles. The number of benzene rings is 1. The molecule has 1 N–H and O–H groups in total. The molecule has 5 nitrogen and oxygen atoms in total. The van der Waals surface area contributed by atoms with E-state index in [1.54, 1.807) is 0 Å². The highest BCUT2D eigenvalue weighted by Crippen LogP contribution is 2.29. The third kappa shape index (κ3) is 3.54. The molecular formula is C16H22N2O3. The summed E-state index contributed by atoms with van der Waals surface area (Å²) in [4.78, 5) is 14.5. The van der Waals surface area contributed by atoms with Gasteiger partial charge in [-0.15, -0.1) is 0 Å². The van der Waals surface area contributed by atoms with Crippen LogP contribution in [0.25, 0.3) is 0 Å². The van der Waals surface area contributed by atoms with Crippen molar-refractivity contribution in [3.63, 3.8) is 0 Å². The lowest BCUT2D eigenvalue weighted by Gasteiger charge is -2.26. The normalized spacial score (nSPS) is 21.7. The van der Waals surface area contributed by atoms with Crippen LogP contribution in [-0.4, -0.2) is 56.3 Å². The number of ether oxygens (including phenoxy) is 2. The van der Waals surface area contributed by atoms with Crippen molar-refractivity contribution in [3.05, 3.63) is 29.3 Å². The van der Waals surface area contributed by atoms with Crippen molar-refractivity contribution in [1.82, 2.24) is 10.2 Å². The Balaban J connectivity index is 1.50. The fourth-order valence-electron chi connectivity index (χ4n) is 2.82. The molecule has 1 amide bonds. The van der Waals surface area contributed by atoms with E-state index in [9.17, 15) is 4.79 Å². The zero-order valence-electron chi connectivity index (χ0n) is 12.4. The second-order valence-electron chi connectivity index (χ2n) is 5.67. The highest BCUT2D eigenvalue weighted by atomic mass is 16.5. The fourth-order valence-corrected chi connectivity index (χ4v) is 2.82. The molecule has 1 atom stereocenters. The maximum absolute atomic E-state index is 12.2. The Morgan fingerprint density at radius 1 is 1.38 bits per heavy atom. The molecule has 2 aliphatic rings. The van der Waals surface area contributed by atoms with Crippen LogP contribution in [0.3, 0.4) is 0 Å². The number of hydrogen-bond acceptors (Lipinski definition) is 4. The van der Waals surface area contributed by atoms with E-state index in [-0.39, 0.29) is 12.0 Å². The first-order chi connectivity index (χ1) is 10.2. The number of nitrogens with one attached hydrogen (secondary N) is 1. The number of amides is 1. The number of hydrogen-bond donors (Lipinski definition) is 1. The van der Waals surface area contributed by atoms with E-state index in [0.717, 1.165) is 50.6 Å². The van der Waals surface area contributed by atoms with Crippen LogP contribution in [0.2, 0.25) is 0 Å². The molecule has 5 heteroatoms. The van der Waals surface area contributed by atoms with E-state index >= 15 is 0 Å². The summed E-state index contributed by atoms with van der Waals surface area (Å²) in [5.74, 6) is 0.901. The number of morpholine rings is 1. The molecule has 1 aromatic rings. The van der Waals surface area contributed by atoms with Gasteiger partial charge in [-0.05, 0) is 30.7 Å². The van der Waals surface area contributed by atoms with Gasteiger partial charge in [0.25, 0.3) is 5.91 Å². The van der Waals surface area contributed by atoms with Crippen LogP contribution in [0.1, 0.15) is 22.8 Å². The van der Waals surface area contributed by atoms with Gasteiger partial charge in [-0.25, -0.2) is 0 Å². The van der Waals surface area contributed by atoms with Crippen LogP contribution < -0.4 is 10.1 Å². The molecular weight excluding hydrogens is 268 g/mol.